The Balaban J connectivity index is 1.65. The van der Waals surface area contributed by atoms with Crippen molar-refractivity contribution in [2.75, 3.05) is 0 Å². The quantitative estimate of drug-likeness (QED) is 0.917. The Hall–Kier alpha value is -1.20. The third-order valence-corrected chi connectivity index (χ3v) is 4.23. The molecule has 1 saturated carbocycles. The zero-order valence-electron chi connectivity index (χ0n) is 10.8. The van der Waals surface area contributed by atoms with Crippen LogP contribution in [0.4, 0.5) is 0 Å². The lowest BCUT2D eigenvalue weighted by Crippen LogP contribution is -2.17. The van der Waals surface area contributed by atoms with E-state index in [0.717, 1.165) is 16.0 Å². The van der Waals surface area contributed by atoms with Crippen molar-refractivity contribution in [1.82, 2.24) is 15.5 Å². The standard InChI is InChI=1S/C14H16BrN3O/c1-2-9-7-12(9)16-8-13-17-18-14(19-13)10-5-3-4-6-11(10)15/h3-6,9,12,16H,2,7-8H2,1H3. The molecule has 0 spiro atoms. The summed E-state index contributed by atoms with van der Waals surface area (Å²) in [5.74, 6) is 2.03. The zero-order chi connectivity index (χ0) is 13.2. The first kappa shape index (κ1) is 12.8. The first-order valence-electron chi connectivity index (χ1n) is 6.58. The molecule has 100 valence electrons. The van der Waals surface area contributed by atoms with E-state index in [2.05, 4.69) is 38.4 Å². The van der Waals surface area contributed by atoms with Gasteiger partial charge in [-0.1, -0.05) is 25.5 Å². The summed E-state index contributed by atoms with van der Waals surface area (Å²) in [4.78, 5) is 0. The lowest BCUT2D eigenvalue weighted by molar-refractivity contribution is 0.470. The molecular formula is C14H16BrN3O. The van der Waals surface area contributed by atoms with Gasteiger partial charge in [-0.2, -0.15) is 0 Å². The van der Waals surface area contributed by atoms with E-state index in [1.165, 1.54) is 12.8 Å². The normalized spacial score (nSPS) is 21.6. The van der Waals surface area contributed by atoms with Crippen molar-refractivity contribution in [3.63, 3.8) is 0 Å². The van der Waals surface area contributed by atoms with E-state index < -0.39 is 0 Å². The van der Waals surface area contributed by atoms with E-state index in [0.29, 0.717) is 24.4 Å². The van der Waals surface area contributed by atoms with Gasteiger partial charge in [0.25, 0.3) is 0 Å². The summed E-state index contributed by atoms with van der Waals surface area (Å²) in [7, 11) is 0. The molecule has 2 unspecified atom stereocenters. The highest BCUT2D eigenvalue weighted by Gasteiger charge is 2.34. The van der Waals surface area contributed by atoms with Crippen LogP contribution in [0.3, 0.4) is 0 Å². The molecule has 1 aromatic carbocycles. The predicted molar refractivity (Wildman–Crippen MR) is 76.5 cm³/mol. The van der Waals surface area contributed by atoms with Crippen LogP contribution in [-0.4, -0.2) is 16.2 Å². The average molecular weight is 322 g/mol. The van der Waals surface area contributed by atoms with Gasteiger partial charge in [0.15, 0.2) is 0 Å². The molecule has 4 nitrogen and oxygen atoms in total. The van der Waals surface area contributed by atoms with Crippen molar-refractivity contribution in [2.24, 2.45) is 5.92 Å². The number of nitrogens with zero attached hydrogens (tertiary/aromatic N) is 2. The fourth-order valence-corrected chi connectivity index (χ4v) is 2.69. The second-order valence-electron chi connectivity index (χ2n) is 4.87. The van der Waals surface area contributed by atoms with Gasteiger partial charge in [0, 0.05) is 10.5 Å². The largest absolute Gasteiger partial charge is 0.419 e. The molecule has 1 N–H and O–H groups in total. The van der Waals surface area contributed by atoms with Crippen molar-refractivity contribution in [1.29, 1.82) is 0 Å². The first-order valence-corrected chi connectivity index (χ1v) is 7.38. The molecule has 1 aliphatic rings. The maximum absolute atomic E-state index is 5.68. The molecule has 1 aliphatic carbocycles. The lowest BCUT2D eigenvalue weighted by atomic mass is 10.2. The minimum atomic E-state index is 0.562. The second-order valence-corrected chi connectivity index (χ2v) is 5.73. The molecule has 0 saturated heterocycles. The summed E-state index contributed by atoms with van der Waals surface area (Å²) in [6, 6.07) is 8.47. The Bertz CT molecular complexity index is 569. The third kappa shape index (κ3) is 2.87. The van der Waals surface area contributed by atoms with E-state index in [1.807, 2.05) is 24.3 Å². The van der Waals surface area contributed by atoms with E-state index >= 15 is 0 Å². The molecular weight excluding hydrogens is 306 g/mol. The van der Waals surface area contributed by atoms with Crippen LogP contribution in [0.1, 0.15) is 25.7 Å². The summed E-state index contributed by atoms with van der Waals surface area (Å²) in [6.07, 6.45) is 2.51. The van der Waals surface area contributed by atoms with E-state index in [4.69, 9.17) is 4.42 Å². The van der Waals surface area contributed by atoms with Crippen molar-refractivity contribution in [2.45, 2.75) is 32.4 Å². The summed E-state index contributed by atoms with van der Waals surface area (Å²) in [6.45, 7) is 2.88. The number of hydrogen-bond acceptors (Lipinski definition) is 4. The number of rotatable bonds is 5. The van der Waals surface area contributed by atoms with Gasteiger partial charge in [0.05, 0.1) is 12.1 Å². The summed E-state index contributed by atoms with van der Waals surface area (Å²) < 4.78 is 6.65. The monoisotopic (exact) mass is 321 g/mol. The van der Waals surface area contributed by atoms with Crippen LogP contribution < -0.4 is 5.32 Å². The molecule has 2 atom stereocenters. The highest BCUT2D eigenvalue weighted by atomic mass is 79.9. The topological polar surface area (TPSA) is 51.0 Å². The number of halogens is 1. The molecule has 2 aromatic rings. The molecule has 19 heavy (non-hydrogen) atoms. The van der Waals surface area contributed by atoms with Crippen molar-refractivity contribution in [3.8, 4) is 11.5 Å². The van der Waals surface area contributed by atoms with Crippen LogP contribution in [0.5, 0.6) is 0 Å². The SMILES string of the molecule is CCC1CC1NCc1nnc(-c2ccccc2Br)o1. The van der Waals surface area contributed by atoms with Gasteiger partial charge in [-0.05, 0) is 40.4 Å². The Morgan fingerprint density at radius 2 is 2.21 bits per heavy atom. The van der Waals surface area contributed by atoms with Gasteiger partial charge >= 0.3 is 0 Å². The van der Waals surface area contributed by atoms with Crippen molar-refractivity contribution < 1.29 is 4.42 Å². The summed E-state index contributed by atoms with van der Waals surface area (Å²) >= 11 is 3.49. The van der Waals surface area contributed by atoms with Gasteiger partial charge in [-0.15, -0.1) is 10.2 Å². The van der Waals surface area contributed by atoms with Crippen LogP contribution in [-0.2, 0) is 6.54 Å². The van der Waals surface area contributed by atoms with E-state index in [9.17, 15) is 0 Å². The highest BCUT2D eigenvalue weighted by Crippen LogP contribution is 2.33. The zero-order valence-corrected chi connectivity index (χ0v) is 12.4. The van der Waals surface area contributed by atoms with Crippen LogP contribution >= 0.6 is 15.9 Å². The average Bonchev–Trinajstić information content (AvgIpc) is 3.04. The molecule has 0 amide bonds. The maximum atomic E-state index is 5.68. The molecule has 1 heterocycles. The Kier molecular flexibility index (Phi) is 3.66. The molecule has 3 rings (SSSR count). The van der Waals surface area contributed by atoms with Gasteiger partial charge in [0.1, 0.15) is 0 Å². The predicted octanol–water partition coefficient (Wildman–Crippen LogP) is 3.39. The van der Waals surface area contributed by atoms with Crippen LogP contribution in [0.25, 0.3) is 11.5 Å². The van der Waals surface area contributed by atoms with Crippen LogP contribution in [0, 0.1) is 5.92 Å². The minimum Gasteiger partial charge on any atom is -0.419 e. The molecule has 1 fully saturated rings. The third-order valence-electron chi connectivity index (χ3n) is 3.53. The van der Waals surface area contributed by atoms with E-state index in [1.54, 1.807) is 0 Å². The Morgan fingerprint density at radius 1 is 1.37 bits per heavy atom. The minimum absolute atomic E-state index is 0.562. The maximum Gasteiger partial charge on any atom is 0.248 e. The van der Waals surface area contributed by atoms with Crippen LogP contribution in [0.15, 0.2) is 33.2 Å². The van der Waals surface area contributed by atoms with Gasteiger partial charge in [0.2, 0.25) is 11.8 Å². The second kappa shape index (κ2) is 5.43. The van der Waals surface area contributed by atoms with Gasteiger partial charge in [-0.25, -0.2) is 0 Å². The number of benzene rings is 1. The molecule has 0 radical (unpaired) electrons. The smallest absolute Gasteiger partial charge is 0.248 e. The van der Waals surface area contributed by atoms with Gasteiger partial charge in [-0.3, -0.25) is 0 Å². The number of aromatic nitrogens is 2. The highest BCUT2D eigenvalue weighted by molar-refractivity contribution is 9.10. The molecule has 0 aliphatic heterocycles. The first-order chi connectivity index (χ1) is 9.28. The molecule has 1 aromatic heterocycles. The fraction of sp³-hybridized carbons (Fsp3) is 0.429. The molecule has 0 bridgehead atoms. The Labute approximate surface area is 120 Å². The summed E-state index contributed by atoms with van der Waals surface area (Å²) in [5, 5.41) is 11.6. The number of hydrogen-bond donors (Lipinski definition) is 1. The van der Waals surface area contributed by atoms with E-state index in [-0.39, 0.29) is 0 Å². The Morgan fingerprint density at radius 3 is 2.95 bits per heavy atom. The fourth-order valence-electron chi connectivity index (χ4n) is 2.24. The lowest BCUT2D eigenvalue weighted by Gasteiger charge is -1.99. The number of nitrogens with one attached hydrogen (secondary N) is 1. The summed E-state index contributed by atoms with van der Waals surface area (Å²) in [5.41, 5.74) is 0.930. The van der Waals surface area contributed by atoms with Crippen LogP contribution in [0.2, 0.25) is 0 Å². The van der Waals surface area contributed by atoms with Gasteiger partial charge < -0.3 is 9.73 Å². The van der Waals surface area contributed by atoms with Crippen molar-refractivity contribution in [3.05, 3.63) is 34.6 Å². The molecule has 5 heteroatoms. The van der Waals surface area contributed by atoms with Crippen molar-refractivity contribution >= 4 is 15.9 Å².